The molecule has 0 saturated carbocycles. The molecule has 0 radical (unpaired) electrons. The quantitative estimate of drug-likeness (QED) is 0.345. The molecule has 0 aliphatic heterocycles. The Hall–Kier alpha value is -3.84. The fourth-order valence-corrected chi connectivity index (χ4v) is 2.33. The minimum atomic E-state index is -1.34. The summed E-state index contributed by atoms with van der Waals surface area (Å²) in [5.74, 6) is -0.706. The highest BCUT2D eigenvalue weighted by molar-refractivity contribution is 5.87. The number of phenolic OH excluding ortho intramolecular Hbond substituents is 1. The second kappa shape index (κ2) is 9.20. The highest BCUT2D eigenvalue weighted by Gasteiger charge is 2.16. The summed E-state index contributed by atoms with van der Waals surface area (Å²) in [5, 5.41) is 32.0. The number of azo groups is 1. The van der Waals surface area contributed by atoms with Crippen molar-refractivity contribution in [2.75, 3.05) is 0 Å². The molecule has 3 N–H and O–H groups in total. The first-order chi connectivity index (χ1) is 13.6. The number of nitrogens with zero attached hydrogens (tertiary/aromatic N) is 3. The van der Waals surface area contributed by atoms with Crippen LogP contribution in [0, 0.1) is 0 Å². The van der Waals surface area contributed by atoms with E-state index < -0.39 is 12.0 Å². The van der Waals surface area contributed by atoms with Crippen molar-refractivity contribution >= 4 is 23.5 Å². The zero-order chi connectivity index (χ0) is 19.8. The van der Waals surface area contributed by atoms with Gasteiger partial charge in [-0.2, -0.15) is 15.3 Å². The third-order valence-corrected chi connectivity index (χ3v) is 3.79. The predicted molar refractivity (Wildman–Crippen MR) is 106 cm³/mol. The Morgan fingerprint density at radius 1 is 0.893 bits per heavy atom. The number of carbonyl (C=O) groups excluding carboxylic acids is 1. The average Bonchev–Trinajstić information content (AvgIpc) is 2.74. The van der Waals surface area contributed by atoms with Crippen molar-refractivity contribution in [3.8, 4) is 5.75 Å². The molecule has 0 aliphatic rings. The Morgan fingerprint density at radius 2 is 1.54 bits per heavy atom. The largest absolute Gasteiger partial charge is 0.507 e. The molecule has 3 aromatic rings. The van der Waals surface area contributed by atoms with Crippen molar-refractivity contribution in [2.45, 2.75) is 6.10 Å². The van der Waals surface area contributed by atoms with E-state index in [0.29, 0.717) is 22.5 Å². The molecule has 0 aromatic heterocycles. The monoisotopic (exact) mass is 374 g/mol. The van der Waals surface area contributed by atoms with Gasteiger partial charge in [0.05, 0.1) is 17.6 Å². The van der Waals surface area contributed by atoms with Gasteiger partial charge in [-0.15, -0.1) is 0 Å². The molecular weight excluding hydrogens is 356 g/mol. The van der Waals surface area contributed by atoms with Gasteiger partial charge in [0.15, 0.2) is 6.10 Å². The zero-order valence-electron chi connectivity index (χ0n) is 14.8. The predicted octanol–water partition coefficient (Wildman–Crippen LogP) is 3.99. The molecule has 0 aliphatic carbocycles. The van der Waals surface area contributed by atoms with Crippen molar-refractivity contribution in [1.82, 2.24) is 5.43 Å². The number of phenols is 1. The van der Waals surface area contributed by atoms with Crippen LogP contribution >= 0.6 is 0 Å². The summed E-state index contributed by atoms with van der Waals surface area (Å²) in [5.41, 5.74) is 4.27. The van der Waals surface area contributed by atoms with E-state index in [1.165, 1.54) is 12.3 Å². The van der Waals surface area contributed by atoms with E-state index in [1.807, 2.05) is 30.3 Å². The smallest absolute Gasteiger partial charge is 0.273 e. The second-order valence-electron chi connectivity index (χ2n) is 5.83. The van der Waals surface area contributed by atoms with Gasteiger partial charge in [-0.1, -0.05) is 48.5 Å². The lowest BCUT2D eigenvalue weighted by atomic mass is 10.1. The van der Waals surface area contributed by atoms with Crippen molar-refractivity contribution in [3.63, 3.8) is 0 Å². The molecule has 0 bridgehead atoms. The molecule has 1 atom stereocenters. The summed E-state index contributed by atoms with van der Waals surface area (Å²) < 4.78 is 0. The SMILES string of the molecule is O=C(N/N=C\c1cc(N=Nc2ccccc2)ccc1O)[C@@H](O)c1ccccc1. The topological polar surface area (TPSA) is 107 Å². The molecule has 28 heavy (non-hydrogen) atoms. The van der Waals surface area contributed by atoms with Crippen LogP contribution in [-0.4, -0.2) is 22.3 Å². The highest BCUT2D eigenvalue weighted by atomic mass is 16.3. The van der Waals surface area contributed by atoms with Crippen LogP contribution in [-0.2, 0) is 4.79 Å². The fraction of sp³-hybridized carbons (Fsp3) is 0.0476. The van der Waals surface area contributed by atoms with E-state index in [9.17, 15) is 15.0 Å². The number of aliphatic hydroxyl groups excluding tert-OH is 1. The number of aliphatic hydroxyl groups is 1. The first kappa shape index (κ1) is 18.9. The number of hydrogen-bond donors (Lipinski definition) is 3. The molecule has 0 saturated heterocycles. The number of rotatable bonds is 6. The molecule has 1 amide bonds. The Kier molecular flexibility index (Phi) is 6.22. The summed E-state index contributed by atoms with van der Waals surface area (Å²) >= 11 is 0. The van der Waals surface area contributed by atoms with Crippen LogP contribution in [0.25, 0.3) is 0 Å². The maximum Gasteiger partial charge on any atom is 0.273 e. The Balaban J connectivity index is 1.66. The summed E-state index contributed by atoms with van der Waals surface area (Å²) in [6.07, 6.45) is -0.0649. The number of benzene rings is 3. The number of hydrogen-bond acceptors (Lipinski definition) is 6. The van der Waals surface area contributed by atoms with Gasteiger partial charge in [-0.05, 0) is 35.9 Å². The van der Waals surface area contributed by atoms with Gasteiger partial charge in [0.25, 0.3) is 5.91 Å². The van der Waals surface area contributed by atoms with Crippen LogP contribution < -0.4 is 5.43 Å². The minimum absolute atomic E-state index is 0.0275. The molecule has 140 valence electrons. The lowest BCUT2D eigenvalue weighted by Crippen LogP contribution is -2.25. The number of carbonyl (C=O) groups is 1. The third kappa shape index (κ3) is 5.09. The molecule has 7 heteroatoms. The van der Waals surface area contributed by atoms with Crippen molar-refractivity contribution in [3.05, 3.63) is 90.0 Å². The van der Waals surface area contributed by atoms with Crippen LogP contribution in [0.2, 0.25) is 0 Å². The molecule has 0 spiro atoms. The van der Waals surface area contributed by atoms with E-state index in [1.54, 1.807) is 42.5 Å². The lowest BCUT2D eigenvalue weighted by Gasteiger charge is -2.08. The van der Waals surface area contributed by atoms with Gasteiger partial charge >= 0.3 is 0 Å². The number of aromatic hydroxyl groups is 1. The van der Waals surface area contributed by atoms with E-state index in [-0.39, 0.29) is 5.75 Å². The lowest BCUT2D eigenvalue weighted by molar-refractivity contribution is -0.129. The molecule has 7 nitrogen and oxygen atoms in total. The molecular formula is C21H18N4O3. The first-order valence-corrected chi connectivity index (χ1v) is 8.49. The number of hydrazone groups is 1. The maximum absolute atomic E-state index is 12.0. The third-order valence-electron chi connectivity index (χ3n) is 3.79. The van der Waals surface area contributed by atoms with Crippen LogP contribution in [0.3, 0.4) is 0 Å². The Morgan fingerprint density at radius 3 is 2.25 bits per heavy atom. The Labute approximate surface area is 161 Å². The average molecular weight is 374 g/mol. The van der Waals surface area contributed by atoms with Gasteiger partial charge < -0.3 is 10.2 Å². The Bertz CT molecular complexity index is 989. The van der Waals surface area contributed by atoms with Gasteiger partial charge in [-0.3, -0.25) is 4.79 Å². The summed E-state index contributed by atoms with van der Waals surface area (Å²) in [4.78, 5) is 12.0. The second-order valence-corrected chi connectivity index (χ2v) is 5.83. The maximum atomic E-state index is 12.0. The normalized spacial score (nSPS) is 12.3. The molecule has 0 fully saturated rings. The van der Waals surface area contributed by atoms with Crippen LogP contribution in [0.4, 0.5) is 11.4 Å². The number of amides is 1. The molecule has 3 aromatic carbocycles. The zero-order valence-corrected chi connectivity index (χ0v) is 14.8. The van der Waals surface area contributed by atoms with Crippen molar-refractivity contribution < 1.29 is 15.0 Å². The van der Waals surface area contributed by atoms with Gasteiger partial charge in [-0.25, -0.2) is 5.43 Å². The van der Waals surface area contributed by atoms with Gasteiger partial charge in [0.2, 0.25) is 0 Å². The number of nitrogens with one attached hydrogen (secondary N) is 1. The minimum Gasteiger partial charge on any atom is -0.507 e. The molecule has 0 heterocycles. The van der Waals surface area contributed by atoms with E-state index >= 15 is 0 Å². The standard InChI is InChI=1S/C21H18N4O3/c26-19-12-11-18(24-23-17-9-5-2-6-10-17)13-16(19)14-22-25-21(28)20(27)15-7-3-1-4-8-15/h1-14,20,26-27H,(H,25,28)/b22-14-,24-23?/t20-/m0/s1. The summed E-state index contributed by atoms with van der Waals surface area (Å²) in [7, 11) is 0. The van der Waals surface area contributed by atoms with Gasteiger partial charge in [0.1, 0.15) is 5.75 Å². The van der Waals surface area contributed by atoms with Crippen molar-refractivity contribution in [2.24, 2.45) is 15.3 Å². The fourth-order valence-electron chi connectivity index (χ4n) is 2.33. The summed E-state index contributed by atoms with van der Waals surface area (Å²) in [6.45, 7) is 0. The first-order valence-electron chi connectivity index (χ1n) is 8.49. The van der Waals surface area contributed by atoms with Crippen LogP contribution in [0.1, 0.15) is 17.2 Å². The summed E-state index contributed by atoms with van der Waals surface area (Å²) in [6, 6.07) is 22.4. The van der Waals surface area contributed by atoms with Crippen LogP contribution in [0.15, 0.2) is 94.2 Å². The molecule has 3 rings (SSSR count). The molecule has 0 unspecified atom stereocenters. The van der Waals surface area contributed by atoms with Crippen molar-refractivity contribution in [1.29, 1.82) is 0 Å². The van der Waals surface area contributed by atoms with Gasteiger partial charge in [0, 0.05) is 5.56 Å². The van der Waals surface area contributed by atoms with Crippen LogP contribution in [0.5, 0.6) is 5.75 Å². The van der Waals surface area contributed by atoms with E-state index in [0.717, 1.165) is 0 Å². The highest BCUT2D eigenvalue weighted by Crippen LogP contribution is 2.24. The van der Waals surface area contributed by atoms with E-state index in [4.69, 9.17) is 0 Å². The van der Waals surface area contributed by atoms with E-state index in [2.05, 4.69) is 20.8 Å².